The summed E-state index contributed by atoms with van der Waals surface area (Å²) in [7, 11) is 0. The minimum absolute atomic E-state index is 0.0652. The third kappa shape index (κ3) is 2.29. The maximum absolute atomic E-state index is 10.9. The van der Waals surface area contributed by atoms with Crippen molar-refractivity contribution >= 4 is 27.4 Å². The molecule has 1 aromatic rings. The summed E-state index contributed by atoms with van der Waals surface area (Å²) in [5.74, 6) is 1.48. The Kier molecular flexibility index (Phi) is 3.64. The largest absolute Gasteiger partial charge is 0.354 e. The van der Waals surface area contributed by atoms with Crippen molar-refractivity contribution in [3.63, 3.8) is 0 Å². The molecule has 0 aliphatic carbocycles. The van der Waals surface area contributed by atoms with E-state index in [1.54, 1.807) is 6.92 Å². The summed E-state index contributed by atoms with van der Waals surface area (Å²) >= 11 is 3.48. The van der Waals surface area contributed by atoms with Crippen LogP contribution in [0, 0.1) is 23.0 Å². The van der Waals surface area contributed by atoms with E-state index < -0.39 is 0 Å². The van der Waals surface area contributed by atoms with E-state index in [4.69, 9.17) is 0 Å². The van der Waals surface area contributed by atoms with Gasteiger partial charge in [0.2, 0.25) is 0 Å². The first-order valence-corrected chi connectivity index (χ1v) is 7.65. The van der Waals surface area contributed by atoms with Crippen molar-refractivity contribution in [1.29, 1.82) is 0 Å². The van der Waals surface area contributed by atoms with E-state index in [0.29, 0.717) is 17.5 Å². The zero-order chi connectivity index (χ0) is 14.3. The second-order valence-corrected chi connectivity index (χ2v) is 6.32. The lowest BCUT2D eigenvalue weighted by Crippen LogP contribution is -2.40. The van der Waals surface area contributed by atoms with Crippen LogP contribution in [0.1, 0.15) is 18.4 Å². The van der Waals surface area contributed by atoms with E-state index in [-0.39, 0.29) is 10.6 Å². The molecule has 1 N–H and O–H groups in total. The van der Waals surface area contributed by atoms with Gasteiger partial charge in [-0.05, 0) is 48.2 Å². The van der Waals surface area contributed by atoms with E-state index in [1.807, 2.05) is 0 Å². The number of halogens is 1. The van der Waals surface area contributed by atoms with Gasteiger partial charge in [-0.25, -0.2) is 4.98 Å². The van der Waals surface area contributed by atoms with Crippen LogP contribution in [-0.4, -0.2) is 35.6 Å². The van der Waals surface area contributed by atoms with Crippen molar-refractivity contribution in [2.45, 2.75) is 25.8 Å². The molecule has 0 saturated carbocycles. The lowest BCUT2D eigenvalue weighted by atomic mass is 9.94. The molecule has 2 aliphatic heterocycles. The molecule has 2 saturated heterocycles. The standard InChI is InChI=1S/C13H17BrN4O2/c1-8-11(18(19)20)5-16-13(12(8)14)17-6-9-3-2-4-15-10(9)7-17/h5,9-10,15H,2-4,6-7H2,1H3. The highest BCUT2D eigenvalue weighted by Crippen LogP contribution is 2.36. The van der Waals surface area contributed by atoms with Crippen LogP contribution in [0.15, 0.2) is 10.7 Å². The fraction of sp³-hybridized carbons (Fsp3) is 0.615. The van der Waals surface area contributed by atoms with Gasteiger partial charge in [-0.2, -0.15) is 0 Å². The first-order chi connectivity index (χ1) is 9.58. The Morgan fingerprint density at radius 2 is 2.35 bits per heavy atom. The summed E-state index contributed by atoms with van der Waals surface area (Å²) < 4.78 is 0.741. The van der Waals surface area contributed by atoms with Crippen molar-refractivity contribution < 1.29 is 4.92 Å². The van der Waals surface area contributed by atoms with Crippen LogP contribution >= 0.6 is 15.9 Å². The Bertz CT molecular complexity index is 537. The van der Waals surface area contributed by atoms with E-state index in [9.17, 15) is 10.1 Å². The Balaban J connectivity index is 1.88. The molecular formula is C13H17BrN4O2. The monoisotopic (exact) mass is 340 g/mol. The number of aromatic nitrogens is 1. The number of rotatable bonds is 2. The number of nitrogens with one attached hydrogen (secondary N) is 1. The fourth-order valence-corrected chi connectivity index (χ4v) is 3.74. The van der Waals surface area contributed by atoms with E-state index in [0.717, 1.165) is 29.9 Å². The molecule has 2 aliphatic rings. The van der Waals surface area contributed by atoms with Crippen molar-refractivity contribution in [1.82, 2.24) is 10.3 Å². The smallest absolute Gasteiger partial charge is 0.291 e. The predicted molar refractivity (Wildman–Crippen MR) is 80.1 cm³/mol. The normalized spacial score (nSPS) is 25.6. The lowest BCUT2D eigenvalue weighted by molar-refractivity contribution is -0.385. The summed E-state index contributed by atoms with van der Waals surface area (Å²) in [6, 6.07) is 0.521. The molecule has 3 heterocycles. The summed E-state index contributed by atoms with van der Waals surface area (Å²) in [5, 5.41) is 14.5. The number of anilines is 1. The van der Waals surface area contributed by atoms with E-state index >= 15 is 0 Å². The molecule has 108 valence electrons. The van der Waals surface area contributed by atoms with Gasteiger partial charge in [0.15, 0.2) is 0 Å². The van der Waals surface area contributed by atoms with Crippen LogP contribution in [0.2, 0.25) is 0 Å². The number of nitro groups is 1. The quantitative estimate of drug-likeness (QED) is 0.660. The zero-order valence-electron chi connectivity index (χ0n) is 11.3. The van der Waals surface area contributed by atoms with Crippen molar-refractivity contribution in [2.24, 2.45) is 5.92 Å². The van der Waals surface area contributed by atoms with Gasteiger partial charge in [0.1, 0.15) is 12.0 Å². The number of hydrogen-bond acceptors (Lipinski definition) is 5. The molecule has 0 radical (unpaired) electrons. The first kappa shape index (κ1) is 13.8. The Morgan fingerprint density at radius 1 is 1.55 bits per heavy atom. The van der Waals surface area contributed by atoms with Gasteiger partial charge >= 0.3 is 0 Å². The topological polar surface area (TPSA) is 71.3 Å². The maximum Gasteiger partial charge on any atom is 0.291 e. The van der Waals surface area contributed by atoms with Crippen molar-refractivity contribution in [2.75, 3.05) is 24.5 Å². The number of nitrogens with zero attached hydrogens (tertiary/aromatic N) is 3. The van der Waals surface area contributed by atoms with Crippen LogP contribution in [0.3, 0.4) is 0 Å². The molecule has 0 amide bonds. The van der Waals surface area contributed by atoms with E-state index in [1.165, 1.54) is 19.0 Å². The Morgan fingerprint density at radius 3 is 3.05 bits per heavy atom. The maximum atomic E-state index is 10.9. The van der Waals surface area contributed by atoms with Crippen LogP contribution in [0.5, 0.6) is 0 Å². The average Bonchev–Trinajstić information content (AvgIpc) is 2.84. The highest BCUT2D eigenvalue weighted by Gasteiger charge is 2.36. The van der Waals surface area contributed by atoms with Crippen molar-refractivity contribution in [3.8, 4) is 0 Å². The zero-order valence-corrected chi connectivity index (χ0v) is 12.9. The molecule has 6 nitrogen and oxygen atoms in total. The van der Waals surface area contributed by atoms with Crippen LogP contribution in [0.4, 0.5) is 11.5 Å². The third-order valence-corrected chi connectivity index (χ3v) is 5.26. The van der Waals surface area contributed by atoms with Crippen LogP contribution in [0.25, 0.3) is 0 Å². The number of hydrogen-bond donors (Lipinski definition) is 1. The molecule has 2 fully saturated rings. The summed E-state index contributed by atoms with van der Waals surface area (Å²) in [4.78, 5) is 17.1. The van der Waals surface area contributed by atoms with Crippen molar-refractivity contribution in [3.05, 3.63) is 26.3 Å². The first-order valence-electron chi connectivity index (χ1n) is 6.85. The lowest BCUT2D eigenvalue weighted by Gasteiger charge is -2.24. The second-order valence-electron chi connectivity index (χ2n) is 5.53. The minimum Gasteiger partial charge on any atom is -0.354 e. The van der Waals surface area contributed by atoms with Gasteiger partial charge < -0.3 is 10.2 Å². The van der Waals surface area contributed by atoms with Gasteiger partial charge in [0.25, 0.3) is 5.69 Å². The van der Waals surface area contributed by atoms with Gasteiger partial charge in [-0.3, -0.25) is 10.1 Å². The van der Waals surface area contributed by atoms with Gasteiger partial charge in [0.05, 0.1) is 9.40 Å². The molecule has 7 heteroatoms. The molecule has 0 spiro atoms. The number of piperidine rings is 1. The van der Waals surface area contributed by atoms with Gasteiger partial charge in [0, 0.05) is 24.7 Å². The Hall–Kier alpha value is -1.21. The summed E-state index contributed by atoms with van der Waals surface area (Å²) in [6.45, 7) is 4.74. The third-order valence-electron chi connectivity index (χ3n) is 4.31. The molecular weight excluding hydrogens is 324 g/mol. The molecule has 2 atom stereocenters. The average molecular weight is 341 g/mol. The number of fused-ring (bicyclic) bond motifs is 1. The van der Waals surface area contributed by atoms with E-state index in [2.05, 4.69) is 31.1 Å². The predicted octanol–water partition coefficient (Wildman–Crippen LogP) is 2.25. The summed E-state index contributed by atoms with van der Waals surface area (Å²) in [5.41, 5.74) is 0.707. The molecule has 0 bridgehead atoms. The molecule has 1 aromatic heterocycles. The minimum atomic E-state index is -0.387. The fourth-order valence-electron chi connectivity index (χ4n) is 3.18. The Labute approximate surface area is 125 Å². The van der Waals surface area contributed by atoms with Crippen LogP contribution < -0.4 is 10.2 Å². The molecule has 3 rings (SSSR count). The molecule has 0 aromatic carbocycles. The van der Waals surface area contributed by atoms with Gasteiger partial charge in [-0.1, -0.05) is 0 Å². The van der Waals surface area contributed by atoms with Gasteiger partial charge in [-0.15, -0.1) is 0 Å². The SMILES string of the molecule is Cc1c([N+](=O)[O-])cnc(N2CC3CCCNC3C2)c1Br. The number of pyridine rings is 1. The molecule has 2 unspecified atom stereocenters. The second kappa shape index (κ2) is 5.29. The highest BCUT2D eigenvalue weighted by atomic mass is 79.9. The van der Waals surface area contributed by atoms with Crippen LogP contribution in [-0.2, 0) is 0 Å². The highest BCUT2D eigenvalue weighted by molar-refractivity contribution is 9.10. The summed E-state index contributed by atoms with van der Waals surface area (Å²) in [6.07, 6.45) is 3.84. The molecule has 20 heavy (non-hydrogen) atoms.